The molecule has 52 heavy (non-hydrogen) atoms. The molecule has 0 aliphatic carbocycles. The van der Waals surface area contributed by atoms with E-state index in [0.717, 1.165) is 64.2 Å². The van der Waals surface area contributed by atoms with Crippen LogP contribution >= 0.6 is 7.82 Å². The van der Waals surface area contributed by atoms with Crippen molar-refractivity contribution in [2.45, 2.75) is 173 Å². The van der Waals surface area contributed by atoms with E-state index < -0.39 is 51.3 Å². The molecule has 0 aromatic rings. The first-order chi connectivity index (χ1) is 25.1. The maximum atomic E-state index is 12.4. The van der Waals surface area contributed by atoms with Crippen molar-refractivity contribution in [2.75, 3.05) is 13.2 Å². The minimum Gasteiger partial charge on any atom is -0.462 e. The Hall–Kier alpha value is -2.33. The number of carbonyl (C=O) groups excluding carboxylic acids is 2. The van der Waals surface area contributed by atoms with Crippen LogP contribution in [0, 0.1) is 0 Å². The molecule has 300 valence electrons. The zero-order chi connectivity index (χ0) is 38.5. The van der Waals surface area contributed by atoms with E-state index in [1.165, 1.54) is 38.5 Å². The van der Waals surface area contributed by atoms with Gasteiger partial charge in [-0.05, 0) is 83.5 Å². The van der Waals surface area contributed by atoms with E-state index in [2.05, 4.69) is 67.0 Å². The van der Waals surface area contributed by atoms with E-state index in [1.807, 2.05) is 12.2 Å². The third-order valence-electron chi connectivity index (χ3n) is 8.21. The number of allylic oxidation sites excluding steroid dienone is 9. The summed E-state index contributed by atoms with van der Waals surface area (Å²) < 4.78 is 26.2. The molecule has 4 N–H and O–H groups in total. The Balaban J connectivity index is 4.25. The molecule has 0 spiro atoms. The summed E-state index contributed by atoms with van der Waals surface area (Å²) in [6.45, 7) is 3.36. The molecule has 0 aromatic heterocycles. The molecule has 0 aromatic carbocycles. The number of phosphoric acid groups is 1. The average Bonchev–Trinajstić information content (AvgIpc) is 3.11. The highest BCUT2D eigenvalue weighted by molar-refractivity contribution is 7.46. The number of ether oxygens (including phenoxy) is 2. The largest absolute Gasteiger partial charge is 0.469 e. The van der Waals surface area contributed by atoms with E-state index in [-0.39, 0.29) is 32.1 Å². The topological polar surface area (TPSA) is 160 Å². The van der Waals surface area contributed by atoms with Crippen molar-refractivity contribution >= 4 is 19.8 Å². The Morgan fingerprint density at radius 2 is 1.06 bits per heavy atom. The molecule has 0 saturated carbocycles. The fourth-order valence-electron chi connectivity index (χ4n) is 5.09. The van der Waals surface area contributed by atoms with Gasteiger partial charge >= 0.3 is 19.8 Å². The van der Waals surface area contributed by atoms with Gasteiger partial charge in [0.05, 0.1) is 18.8 Å². The molecule has 10 nitrogen and oxygen atoms in total. The Labute approximate surface area is 314 Å². The smallest absolute Gasteiger partial charge is 0.462 e. The lowest BCUT2D eigenvalue weighted by atomic mass is 10.0. The molecule has 0 rings (SSSR count). The van der Waals surface area contributed by atoms with Crippen LogP contribution in [0.1, 0.15) is 155 Å². The van der Waals surface area contributed by atoms with Gasteiger partial charge in [-0.15, -0.1) is 0 Å². The number of aliphatic hydroxyl groups is 2. The number of hydrogen-bond donors (Lipinski definition) is 4. The van der Waals surface area contributed by atoms with Crippen LogP contribution in [0.3, 0.4) is 0 Å². The second-order valence-corrected chi connectivity index (χ2v) is 14.4. The Kier molecular flexibility index (Phi) is 34.1. The van der Waals surface area contributed by atoms with Crippen molar-refractivity contribution in [1.82, 2.24) is 0 Å². The molecule has 0 aliphatic heterocycles. The van der Waals surface area contributed by atoms with Crippen LogP contribution in [0.5, 0.6) is 0 Å². The van der Waals surface area contributed by atoms with Crippen LogP contribution in [0.25, 0.3) is 0 Å². The number of hydrogen-bond acceptors (Lipinski definition) is 8. The van der Waals surface area contributed by atoms with Crippen molar-refractivity contribution in [2.24, 2.45) is 0 Å². The first-order valence-electron chi connectivity index (χ1n) is 19.7. The molecule has 0 aliphatic rings. The molecular weight excluding hydrogens is 683 g/mol. The van der Waals surface area contributed by atoms with E-state index >= 15 is 0 Å². The van der Waals surface area contributed by atoms with Crippen molar-refractivity contribution in [1.29, 1.82) is 0 Å². The Morgan fingerprint density at radius 1 is 0.577 bits per heavy atom. The minimum absolute atomic E-state index is 0.107. The second-order valence-electron chi connectivity index (χ2n) is 13.2. The van der Waals surface area contributed by atoms with E-state index in [9.17, 15) is 24.4 Å². The second kappa shape index (κ2) is 35.7. The first-order valence-corrected chi connectivity index (χ1v) is 21.3. The molecule has 0 fully saturated rings. The Bertz CT molecular complexity index is 1060. The molecule has 11 heteroatoms. The third kappa shape index (κ3) is 36.0. The molecule has 3 atom stereocenters. The normalized spacial score (nSPS) is 14.3. The maximum absolute atomic E-state index is 12.4. The summed E-state index contributed by atoms with van der Waals surface area (Å²) in [5.41, 5.74) is 0. The lowest BCUT2D eigenvalue weighted by Crippen LogP contribution is -2.30. The predicted octanol–water partition coefficient (Wildman–Crippen LogP) is 9.68. The number of carbonyl (C=O) groups is 2. The SMILES string of the molecule is CCCCC/C=C\C/C=C\C/C=C\CC(O)C(O)CCCC(=O)O[C@H](COC(=O)CCCCCCC/C=C\C/C=C\CCCCC)COP(=O)(O)O. The van der Waals surface area contributed by atoms with Gasteiger partial charge in [-0.1, -0.05) is 120 Å². The van der Waals surface area contributed by atoms with Crippen LogP contribution in [-0.2, 0) is 28.2 Å². The van der Waals surface area contributed by atoms with Crippen molar-refractivity contribution in [3.8, 4) is 0 Å². The summed E-state index contributed by atoms with van der Waals surface area (Å²) in [6, 6.07) is 0. The van der Waals surface area contributed by atoms with Gasteiger partial charge in [-0.2, -0.15) is 0 Å². The van der Waals surface area contributed by atoms with Gasteiger partial charge in [-0.25, -0.2) is 4.57 Å². The number of aliphatic hydroxyl groups excluding tert-OH is 2. The van der Waals surface area contributed by atoms with Crippen LogP contribution < -0.4 is 0 Å². The summed E-state index contributed by atoms with van der Waals surface area (Å²) >= 11 is 0. The number of rotatable bonds is 35. The summed E-state index contributed by atoms with van der Waals surface area (Å²) in [5, 5.41) is 20.5. The standard InChI is InChI=1S/C41H71O10P/c1-3-5-7-9-11-13-15-17-18-19-21-23-25-27-29-33-40(44)49-35-37(36-50-52(46,47)48)51-41(45)34-30-32-39(43)38(42)31-28-26-24-22-20-16-14-12-10-8-6-4-2/h11-14,17-18,20,22,26,28,37-39,42-43H,3-10,15-16,19,21,23-25,27,29-36H2,1-2H3,(H2,46,47,48)/b13-11-,14-12-,18-17-,22-20-,28-26-/t37-,38?,39?/m1/s1. The van der Waals surface area contributed by atoms with Gasteiger partial charge < -0.3 is 29.5 Å². The predicted molar refractivity (Wildman–Crippen MR) is 209 cm³/mol. The van der Waals surface area contributed by atoms with Crippen LogP contribution in [0.15, 0.2) is 60.8 Å². The Morgan fingerprint density at radius 3 is 1.62 bits per heavy atom. The lowest BCUT2D eigenvalue weighted by Gasteiger charge is -2.19. The van der Waals surface area contributed by atoms with Gasteiger partial charge in [0.25, 0.3) is 0 Å². The van der Waals surface area contributed by atoms with Crippen molar-refractivity contribution in [3.63, 3.8) is 0 Å². The van der Waals surface area contributed by atoms with Gasteiger partial charge in [0.2, 0.25) is 0 Å². The zero-order valence-electron chi connectivity index (χ0n) is 32.2. The highest BCUT2D eigenvalue weighted by atomic mass is 31.2. The molecular formula is C41H71O10P. The highest BCUT2D eigenvalue weighted by Gasteiger charge is 2.23. The van der Waals surface area contributed by atoms with Crippen LogP contribution in [0.4, 0.5) is 0 Å². The van der Waals surface area contributed by atoms with E-state index in [1.54, 1.807) is 0 Å². The summed E-state index contributed by atoms with van der Waals surface area (Å²) in [6.07, 6.45) is 36.8. The third-order valence-corrected chi connectivity index (χ3v) is 8.70. The summed E-state index contributed by atoms with van der Waals surface area (Å²) in [5.74, 6) is -1.19. The zero-order valence-corrected chi connectivity index (χ0v) is 33.1. The van der Waals surface area contributed by atoms with Gasteiger partial charge in [0.15, 0.2) is 6.10 Å². The molecule has 0 bridgehead atoms. The number of esters is 2. The van der Waals surface area contributed by atoms with Crippen LogP contribution in [0.2, 0.25) is 0 Å². The quantitative estimate of drug-likeness (QED) is 0.0212. The van der Waals surface area contributed by atoms with Crippen LogP contribution in [-0.4, -0.2) is 63.5 Å². The highest BCUT2D eigenvalue weighted by Crippen LogP contribution is 2.36. The first kappa shape index (κ1) is 49.7. The van der Waals surface area contributed by atoms with E-state index in [4.69, 9.17) is 19.3 Å². The lowest BCUT2D eigenvalue weighted by molar-refractivity contribution is -0.161. The summed E-state index contributed by atoms with van der Waals surface area (Å²) in [7, 11) is -4.84. The molecule has 0 saturated heterocycles. The molecule has 0 amide bonds. The molecule has 2 unspecified atom stereocenters. The maximum Gasteiger partial charge on any atom is 0.469 e. The number of phosphoric ester groups is 1. The average molecular weight is 755 g/mol. The van der Waals surface area contributed by atoms with Crippen molar-refractivity contribution < 1.29 is 48.2 Å². The van der Waals surface area contributed by atoms with E-state index in [0.29, 0.717) is 6.42 Å². The fourth-order valence-corrected chi connectivity index (χ4v) is 5.45. The van der Waals surface area contributed by atoms with Gasteiger partial charge in [0, 0.05) is 12.8 Å². The van der Waals surface area contributed by atoms with Crippen molar-refractivity contribution in [3.05, 3.63) is 60.8 Å². The van der Waals surface area contributed by atoms with Gasteiger partial charge in [0.1, 0.15) is 6.61 Å². The summed E-state index contributed by atoms with van der Waals surface area (Å²) in [4.78, 5) is 42.8. The molecule has 0 heterocycles. The number of unbranched alkanes of at least 4 members (excludes halogenated alkanes) is 11. The minimum atomic E-state index is -4.84. The monoisotopic (exact) mass is 754 g/mol. The molecule has 0 radical (unpaired) electrons. The fraction of sp³-hybridized carbons (Fsp3) is 0.707. The van der Waals surface area contributed by atoms with Gasteiger partial charge in [-0.3, -0.25) is 14.1 Å².